The summed E-state index contributed by atoms with van der Waals surface area (Å²) in [5.74, 6) is 0.0309. The van der Waals surface area contributed by atoms with Crippen LogP contribution in [0.5, 0.6) is 11.5 Å². The van der Waals surface area contributed by atoms with E-state index in [-0.39, 0.29) is 22.5 Å². The maximum atomic E-state index is 12.6. The number of hydrogen-bond donors (Lipinski definition) is 0. The first-order chi connectivity index (χ1) is 13.5. The Morgan fingerprint density at radius 3 is 2.29 bits per heavy atom. The van der Waals surface area contributed by atoms with E-state index in [0.29, 0.717) is 22.5 Å². The van der Waals surface area contributed by atoms with E-state index in [4.69, 9.17) is 21.7 Å². The molecule has 0 bridgehead atoms. The van der Waals surface area contributed by atoms with Gasteiger partial charge in [-0.3, -0.25) is 14.5 Å². The minimum absolute atomic E-state index is 0.287. The Hall–Kier alpha value is -2.97. The van der Waals surface area contributed by atoms with Crippen molar-refractivity contribution >= 4 is 52.5 Å². The summed E-state index contributed by atoms with van der Waals surface area (Å²) in [6.45, 7) is -0.292. The number of amides is 1. The summed E-state index contributed by atoms with van der Waals surface area (Å²) < 4.78 is 10.6. The second-order valence-corrected chi connectivity index (χ2v) is 7.38. The van der Waals surface area contributed by atoms with E-state index in [0.717, 1.165) is 17.3 Å². The zero-order valence-corrected chi connectivity index (χ0v) is 16.4. The summed E-state index contributed by atoms with van der Waals surface area (Å²) in [4.78, 5) is 37.0. The third-order valence-electron chi connectivity index (χ3n) is 3.82. The number of carbonyl (C=O) groups excluding carboxylic acids is 3. The Bertz CT molecular complexity index is 952. The van der Waals surface area contributed by atoms with Crippen LogP contribution in [0, 0.1) is 0 Å². The van der Waals surface area contributed by atoms with E-state index in [1.54, 1.807) is 25.3 Å². The van der Waals surface area contributed by atoms with E-state index in [1.807, 2.05) is 12.1 Å². The molecule has 1 saturated heterocycles. The smallest absolute Gasteiger partial charge is 0.331 e. The Morgan fingerprint density at radius 1 is 1.07 bits per heavy atom. The van der Waals surface area contributed by atoms with E-state index in [2.05, 4.69) is 0 Å². The molecule has 2 aromatic carbocycles. The molecule has 1 heterocycles. The van der Waals surface area contributed by atoms with Crippen LogP contribution in [0.25, 0.3) is 6.08 Å². The van der Waals surface area contributed by atoms with Gasteiger partial charge < -0.3 is 9.47 Å². The first-order valence-electron chi connectivity index (χ1n) is 8.15. The van der Waals surface area contributed by atoms with Crippen LogP contribution in [-0.4, -0.2) is 41.0 Å². The standard InChI is InChI=1S/C20H15NO5S2/c1-25-15-6-2-13(3-7-15)10-17-19(24)21(20(27)28-17)11-18(23)26-16-8-4-14(12-22)5-9-16/h2-10,12H,11H2,1H3/b17-10-. The van der Waals surface area contributed by atoms with E-state index < -0.39 is 5.97 Å². The van der Waals surface area contributed by atoms with E-state index >= 15 is 0 Å². The quantitative estimate of drug-likeness (QED) is 0.236. The van der Waals surface area contributed by atoms with Gasteiger partial charge in [0.1, 0.15) is 28.7 Å². The number of benzene rings is 2. The Balaban J connectivity index is 1.66. The minimum Gasteiger partial charge on any atom is -0.497 e. The van der Waals surface area contributed by atoms with Crippen LogP contribution in [-0.2, 0) is 9.59 Å². The van der Waals surface area contributed by atoms with Crippen molar-refractivity contribution in [3.8, 4) is 11.5 Å². The van der Waals surface area contributed by atoms with Gasteiger partial charge in [0.15, 0.2) is 0 Å². The largest absolute Gasteiger partial charge is 0.497 e. The fourth-order valence-corrected chi connectivity index (χ4v) is 3.65. The number of hydrogen-bond acceptors (Lipinski definition) is 7. The van der Waals surface area contributed by atoms with Gasteiger partial charge in [0.25, 0.3) is 5.91 Å². The van der Waals surface area contributed by atoms with Gasteiger partial charge in [0, 0.05) is 5.56 Å². The van der Waals surface area contributed by atoms with Crippen molar-refractivity contribution in [2.24, 2.45) is 0 Å². The van der Waals surface area contributed by atoms with Gasteiger partial charge in [-0.25, -0.2) is 4.79 Å². The highest BCUT2D eigenvalue weighted by atomic mass is 32.2. The Morgan fingerprint density at radius 2 is 1.68 bits per heavy atom. The molecule has 28 heavy (non-hydrogen) atoms. The van der Waals surface area contributed by atoms with Gasteiger partial charge in [0.2, 0.25) is 0 Å². The van der Waals surface area contributed by atoms with E-state index in [1.165, 1.54) is 29.2 Å². The van der Waals surface area contributed by atoms with Gasteiger partial charge in [-0.1, -0.05) is 36.1 Å². The normalized spacial score (nSPS) is 15.0. The molecule has 0 aliphatic carbocycles. The molecule has 8 heteroatoms. The average molecular weight is 413 g/mol. The lowest BCUT2D eigenvalue weighted by molar-refractivity contribution is -0.138. The summed E-state index contributed by atoms with van der Waals surface area (Å²) in [5.41, 5.74) is 1.29. The topological polar surface area (TPSA) is 72.9 Å². The number of methoxy groups -OCH3 is 1. The fraction of sp³-hybridized carbons (Fsp3) is 0.100. The fourth-order valence-electron chi connectivity index (χ4n) is 2.40. The minimum atomic E-state index is -0.624. The number of carbonyl (C=O) groups is 3. The summed E-state index contributed by atoms with van der Waals surface area (Å²) in [6, 6.07) is 13.3. The lowest BCUT2D eigenvalue weighted by Gasteiger charge is -2.13. The maximum Gasteiger partial charge on any atom is 0.331 e. The van der Waals surface area contributed by atoms with Crippen molar-refractivity contribution < 1.29 is 23.9 Å². The average Bonchev–Trinajstić information content (AvgIpc) is 2.96. The molecule has 0 N–H and O–H groups in total. The van der Waals surface area contributed by atoms with Gasteiger partial charge >= 0.3 is 5.97 Å². The first kappa shape index (κ1) is 19.8. The van der Waals surface area contributed by atoms with Crippen LogP contribution in [0.15, 0.2) is 53.4 Å². The van der Waals surface area contributed by atoms with Gasteiger partial charge in [-0.2, -0.15) is 0 Å². The van der Waals surface area contributed by atoms with Crippen molar-refractivity contribution in [2.45, 2.75) is 0 Å². The summed E-state index contributed by atoms with van der Waals surface area (Å²) in [5, 5.41) is 0. The second kappa shape index (κ2) is 8.81. The Labute approximate surface area is 171 Å². The van der Waals surface area contributed by atoms with Crippen molar-refractivity contribution in [3.05, 3.63) is 64.6 Å². The van der Waals surface area contributed by atoms with Crippen LogP contribution in [0.4, 0.5) is 0 Å². The van der Waals surface area contributed by atoms with Crippen LogP contribution in [0.2, 0.25) is 0 Å². The molecule has 0 saturated carbocycles. The zero-order valence-electron chi connectivity index (χ0n) is 14.8. The highest BCUT2D eigenvalue weighted by Crippen LogP contribution is 2.32. The third kappa shape index (κ3) is 4.65. The summed E-state index contributed by atoms with van der Waals surface area (Å²) in [6.07, 6.45) is 2.41. The molecule has 6 nitrogen and oxygen atoms in total. The molecule has 1 aliphatic rings. The van der Waals surface area contributed by atoms with Crippen molar-refractivity contribution in [2.75, 3.05) is 13.7 Å². The molecule has 0 atom stereocenters. The molecule has 0 radical (unpaired) electrons. The predicted molar refractivity (Wildman–Crippen MR) is 110 cm³/mol. The highest BCUT2D eigenvalue weighted by molar-refractivity contribution is 8.26. The summed E-state index contributed by atoms with van der Waals surface area (Å²) in [7, 11) is 1.58. The van der Waals surface area contributed by atoms with Crippen LogP contribution in [0.3, 0.4) is 0 Å². The third-order valence-corrected chi connectivity index (χ3v) is 5.20. The van der Waals surface area contributed by atoms with Crippen molar-refractivity contribution in [3.63, 3.8) is 0 Å². The molecule has 0 aromatic heterocycles. The SMILES string of the molecule is COc1ccc(/C=C2\SC(=S)N(CC(=O)Oc3ccc(C=O)cc3)C2=O)cc1. The van der Waals surface area contributed by atoms with Crippen LogP contribution >= 0.6 is 24.0 Å². The maximum absolute atomic E-state index is 12.6. The number of esters is 1. The van der Waals surface area contributed by atoms with Crippen LogP contribution in [0.1, 0.15) is 15.9 Å². The summed E-state index contributed by atoms with van der Waals surface area (Å²) >= 11 is 6.36. The zero-order chi connectivity index (χ0) is 20.1. The van der Waals surface area contributed by atoms with Crippen molar-refractivity contribution in [1.82, 2.24) is 4.90 Å². The lowest BCUT2D eigenvalue weighted by Crippen LogP contribution is -2.35. The first-order valence-corrected chi connectivity index (χ1v) is 9.38. The second-order valence-electron chi connectivity index (χ2n) is 5.70. The Kier molecular flexibility index (Phi) is 6.23. The molecule has 0 unspecified atom stereocenters. The number of nitrogens with zero attached hydrogens (tertiary/aromatic N) is 1. The monoisotopic (exact) mass is 413 g/mol. The van der Waals surface area contributed by atoms with Crippen LogP contribution < -0.4 is 9.47 Å². The lowest BCUT2D eigenvalue weighted by atomic mass is 10.2. The molecule has 1 aliphatic heterocycles. The molecule has 2 aromatic rings. The molecule has 0 spiro atoms. The number of aldehydes is 1. The van der Waals surface area contributed by atoms with Gasteiger partial charge in [-0.05, 0) is 48.0 Å². The van der Waals surface area contributed by atoms with E-state index in [9.17, 15) is 14.4 Å². The number of thioether (sulfide) groups is 1. The molecule has 3 rings (SSSR count). The molecule has 1 amide bonds. The van der Waals surface area contributed by atoms with Gasteiger partial charge in [0.05, 0.1) is 12.0 Å². The predicted octanol–water partition coefficient (Wildman–Crippen LogP) is 3.31. The van der Waals surface area contributed by atoms with Crippen molar-refractivity contribution in [1.29, 1.82) is 0 Å². The number of rotatable bonds is 6. The number of ether oxygens (including phenoxy) is 2. The molecule has 142 valence electrons. The molecular formula is C20H15NO5S2. The highest BCUT2D eigenvalue weighted by Gasteiger charge is 2.33. The number of thiocarbonyl (C=S) groups is 1. The molecule has 1 fully saturated rings. The van der Waals surface area contributed by atoms with Gasteiger partial charge in [-0.15, -0.1) is 0 Å². The molecular weight excluding hydrogens is 398 g/mol.